The molecule has 0 unspecified atom stereocenters. The number of carbonyl (C=O) groups excluding carboxylic acids is 1. The van der Waals surface area contributed by atoms with Crippen molar-refractivity contribution in [1.82, 2.24) is 19.9 Å². The number of imidazole rings is 1. The Morgan fingerprint density at radius 1 is 1.47 bits per heavy atom. The fraction of sp³-hybridized carbons (Fsp3) is 0.250. The standard InChI is InChI=1S/C8H9N5OS/c9-5(14)1-2-15-8-6-7(11-3-10-6)12-4-13-8/h3-4H,1-2H2,(H2,9,14)(H,10,11,12,13). The van der Waals surface area contributed by atoms with E-state index in [1.54, 1.807) is 6.33 Å². The van der Waals surface area contributed by atoms with Gasteiger partial charge in [-0.15, -0.1) is 11.8 Å². The Hall–Kier alpha value is -1.63. The molecular weight excluding hydrogens is 214 g/mol. The molecular formula is C8H9N5OS. The van der Waals surface area contributed by atoms with Gasteiger partial charge in [-0.3, -0.25) is 4.79 Å². The Kier molecular flexibility index (Phi) is 2.82. The van der Waals surface area contributed by atoms with E-state index < -0.39 is 0 Å². The van der Waals surface area contributed by atoms with Crippen molar-refractivity contribution in [3.8, 4) is 0 Å². The monoisotopic (exact) mass is 223 g/mol. The third-order valence-corrected chi connectivity index (χ3v) is 2.77. The van der Waals surface area contributed by atoms with E-state index in [1.165, 1.54) is 18.1 Å². The maximum atomic E-state index is 10.6. The number of H-pyrrole nitrogens is 1. The van der Waals surface area contributed by atoms with Crippen LogP contribution in [0.1, 0.15) is 6.42 Å². The first-order valence-electron chi connectivity index (χ1n) is 4.32. The molecule has 0 spiro atoms. The summed E-state index contributed by atoms with van der Waals surface area (Å²) in [5.74, 6) is 0.304. The Labute approximate surface area is 89.7 Å². The SMILES string of the molecule is NC(=O)CCSc1ncnc2nc[nH]c12. The summed E-state index contributed by atoms with van der Waals surface area (Å²) in [5, 5.41) is 0.791. The van der Waals surface area contributed by atoms with Crippen LogP contribution in [0.15, 0.2) is 17.7 Å². The molecule has 3 N–H and O–H groups in total. The average Bonchev–Trinajstić information content (AvgIpc) is 2.65. The first kappa shape index (κ1) is 9.91. The number of aromatic nitrogens is 4. The van der Waals surface area contributed by atoms with E-state index in [1.807, 2.05) is 0 Å². The van der Waals surface area contributed by atoms with Gasteiger partial charge in [0.05, 0.1) is 6.33 Å². The second-order valence-corrected chi connectivity index (χ2v) is 3.93. The molecule has 2 rings (SSSR count). The van der Waals surface area contributed by atoms with Gasteiger partial charge in [-0.1, -0.05) is 0 Å². The molecule has 0 aliphatic carbocycles. The minimum Gasteiger partial charge on any atom is -0.370 e. The van der Waals surface area contributed by atoms with Crippen LogP contribution < -0.4 is 5.73 Å². The predicted octanol–water partition coefficient (Wildman–Crippen LogP) is 0.320. The summed E-state index contributed by atoms with van der Waals surface area (Å²) in [6.07, 6.45) is 3.36. The summed E-state index contributed by atoms with van der Waals surface area (Å²) in [4.78, 5) is 25.6. The average molecular weight is 223 g/mol. The third-order valence-electron chi connectivity index (χ3n) is 1.78. The van der Waals surface area contributed by atoms with Gasteiger partial charge in [0.1, 0.15) is 16.9 Å². The van der Waals surface area contributed by atoms with Crippen LogP contribution in [-0.2, 0) is 4.79 Å². The van der Waals surface area contributed by atoms with E-state index in [9.17, 15) is 4.79 Å². The van der Waals surface area contributed by atoms with Crippen molar-refractivity contribution in [2.45, 2.75) is 11.4 Å². The topological polar surface area (TPSA) is 97.6 Å². The molecule has 0 bridgehead atoms. The van der Waals surface area contributed by atoms with Crippen LogP contribution in [-0.4, -0.2) is 31.6 Å². The number of hydrogen-bond acceptors (Lipinski definition) is 5. The Morgan fingerprint density at radius 3 is 3.13 bits per heavy atom. The summed E-state index contributed by atoms with van der Waals surface area (Å²) in [6.45, 7) is 0. The second-order valence-electron chi connectivity index (χ2n) is 2.84. The number of rotatable bonds is 4. The van der Waals surface area contributed by atoms with Crippen molar-refractivity contribution < 1.29 is 4.79 Å². The summed E-state index contributed by atoms with van der Waals surface area (Å²) in [6, 6.07) is 0. The molecule has 15 heavy (non-hydrogen) atoms. The number of aromatic amines is 1. The van der Waals surface area contributed by atoms with Gasteiger partial charge >= 0.3 is 0 Å². The normalized spacial score (nSPS) is 10.7. The van der Waals surface area contributed by atoms with E-state index in [2.05, 4.69) is 19.9 Å². The largest absolute Gasteiger partial charge is 0.370 e. The lowest BCUT2D eigenvalue weighted by Gasteiger charge is -1.99. The van der Waals surface area contributed by atoms with Gasteiger partial charge < -0.3 is 10.7 Å². The number of primary amides is 1. The minimum atomic E-state index is -0.308. The van der Waals surface area contributed by atoms with Gasteiger partial charge in [0.15, 0.2) is 5.65 Å². The molecule has 7 heteroatoms. The summed E-state index contributed by atoms with van der Waals surface area (Å²) >= 11 is 1.46. The quantitative estimate of drug-likeness (QED) is 0.574. The van der Waals surface area contributed by atoms with Crippen molar-refractivity contribution in [2.24, 2.45) is 5.73 Å². The zero-order valence-electron chi connectivity index (χ0n) is 7.80. The smallest absolute Gasteiger partial charge is 0.218 e. The van der Waals surface area contributed by atoms with Crippen LogP contribution >= 0.6 is 11.8 Å². The number of nitrogens with two attached hydrogens (primary N) is 1. The Bertz CT molecular complexity index is 483. The molecule has 0 atom stereocenters. The summed E-state index contributed by atoms with van der Waals surface area (Å²) < 4.78 is 0. The highest BCUT2D eigenvalue weighted by Crippen LogP contribution is 2.21. The summed E-state index contributed by atoms with van der Waals surface area (Å²) in [7, 11) is 0. The number of carbonyl (C=O) groups is 1. The molecule has 6 nitrogen and oxygen atoms in total. The molecule has 0 fully saturated rings. The lowest BCUT2D eigenvalue weighted by Crippen LogP contribution is -2.10. The van der Waals surface area contributed by atoms with E-state index in [-0.39, 0.29) is 5.91 Å². The van der Waals surface area contributed by atoms with Crippen LogP contribution in [0.2, 0.25) is 0 Å². The van der Waals surface area contributed by atoms with Gasteiger partial charge in [-0.25, -0.2) is 15.0 Å². The number of nitrogens with zero attached hydrogens (tertiary/aromatic N) is 3. The molecule has 0 aliphatic rings. The fourth-order valence-electron chi connectivity index (χ4n) is 1.10. The summed E-state index contributed by atoms with van der Waals surface area (Å²) in [5.41, 5.74) is 6.47. The zero-order valence-corrected chi connectivity index (χ0v) is 8.62. The van der Waals surface area contributed by atoms with Crippen molar-refractivity contribution >= 4 is 28.8 Å². The highest BCUT2D eigenvalue weighted by atomic mass is 32.2. The second kappa shape index (κ2) is 4.26. The Balaban J connectivity index is 2.13. The van der Waals surface area contributed by atoms with Gasteiger partial charge in [0.25, 0.3) is 0 Å². The van der Waals surface area contributed by atoms with Gasteiger partial charge in [0.2, 0.25) is 5.91 Å². The number of thioether (sulfide) groups is 1. The fourth-order valence-corrected chi connectivity index (χ4v) is 2.01. The van der Waals surface area contributed by atoms with E-state index in [0.29, 0.717) is 17.8 Å². The maximum absolute atomic E-state index is 10.6. The van der Waals surface area contributed by atoms with Gasteiger partial charge in [0, 0.05) is 12.2 Å². The number of hydrogen-bond donors (Lipinski definition) is 2. The van der Waals surface area contributed by atoms with Crippen LogP contribution in [0.4, 0.5) is 0 Å². The van der Waals surface area contributed by atoms with E-state index >= 15 is 0 Å². The van der Waals surface area contributed by atoms with Gasteiger partial charge in [-0.05, 0) is 0 Å². The van der Waals surface area contributed by atoms with Crippen molar-refractivity contribution in [2.75, 3.05) is 5.75 Å². The first-order valence-corrected chi connectivity index (χ1v) is 5.31. The van der Waals surface area contributed by atoms with Crippen LogP contribution in [0, 0.1) is 0 Å². The Morgan fingerprint density at radius 2 is 2.33 bits per heavy atom. The number of fused-ring (bicyclic) bond motifs is 1. The maximum Gasteiger partial charge on any atom is 0.218 e. The van der Waals surface area contributed by atoms with Crippen molar-refractivity contribution in [1.29, 1.82) is 0 Å². The lowest BCUT2D eigenvalue weighted by molar-refractivity contribution is -0.117. The molecule has 1 amide bonds. The third kappa shape index (κ3) is 2.24. The molecule has 0 aliphatic heterocycles. The molecule has 0 saturated heterocycles. The number of amides is 1. The highest BCUT2D eigenvalue weighted by molar-refractivity contribution is 7.99. The molecule has 78 valence electrons. The van der Waals surface area contributed by atoms with E-state index in [0.717, 1.165) is 10.5 Å². The molecule has 2 aromatic rings. The van der Waals surface area contributed by atoms with Crippen LogP contribution in [0.5, 0.6) is 0 Å². The van der Waals surface area contributed by atoms with Crippen LogP contribution in [0.3, 0.4) is 0 Å². The molecule has 0 saturated carbocycles. The van der Waals surface area contributed by atoms with Gasteiger partial charge in [-0.2, -0.15) is 0 Å². The zero-order chi connectivity index (χ0) is 10.7. The molecule has 0 aromatic carbocycles. The first-order chi connectivity index (χ1) is 7.27. The van der Waals surface area contributed by atoms with Crippen molar-refractivity contribution in [3.63, 3.8) is 0 Å². The minimum absolute atomic E-state index is 0.308. The van der Waals surface area contributed by atoms with E-state index in [4.69, 9.17) is 5.73 Å². The predicted molar refractivity (Wildman–Crippen MR) is 56.2 cm³/mol. The lowest BCUT2D eigenvalue weighted by atomic mass is 10.5. The molecule has 0 radical (unpaired) electrons. The molecule has 2 heterocycles. The van der Waals surface area contributed by atoms with Crippen molar-refractivity contribution in [3.05, 3.63) is 12.7 Å². The molecule has 2 aromatic heterocycles. The highest BCUT2D eigenvalue weighted by Gasteiger charge is 2.06. The van der Waals surface area contributed by atoms with Crippen LogP contribution in [0.25, 0.3) is 11.2 Å². The number of nitrogens with one attached hydrogen (secondary N) is 1.